The van der Waals surface area contributed by atoms with Crippen LogP contribution in [-0.4, -0.2) is 35.0 Å². The lowest BCUT2D eigenvalue weighted by atomic mass is 10.2. The maximum atomic E-state index is 11.6. The van der Waals surface area contributed by atoms with E-state index in [-0.39, 0.29) is 11.9 Å². The van der Waals surface area contributed by atoms with Gasteiger partial charge in [-0.15, -0.1) is 0 Å². The first-order valence-corrected chi connectivity index (χ1v) is 7.18. The van der Waals surface area contributed by atoms with Crippen molar-refractivity contribution in [2.45, 2.75) is 46.6 Å². The zero-order valence-electron chi connectivity index (χ0n) is 12.8. The maximum absolute atomic E-state index is 11.6. The molecule has 0 aliphatic carbocycles. The SMILES string of the molecule is CCNc1nc(C)cc(NCCC(=O)NC(C)CC)n1. The van der Waals surface area contributed by atoms with E-state index >= 15 is 0 Å². The second-order valence-electron chi connectivity index (χ2n) is 4.80. The van der Waals surface area contributed by atoms with Crippen LogP contribution >= 0.6 is 0 Å². The number of carbonyl (C=O) groups excluding carboxylic acids is 1. The van der Waals surface area contributed by atoms with Crippen molar-refractivity contribution in [2.24, 2.45) is 0 Å². The molecule has 1 aromatic heterocycles. The fraction of sp³-hybridized carbons (Fsp3) is 0.643. The highest BCUT2D eigenvalue weighted by molar-refractivity contribution is 5.76. The van der Waals surface area contributed by atoms with Crippen LogP contribution in [0.3, 0.4) is 0 Å². The third-order valence-electron chi connectivity index (χ3n) is 2.87. The predicted molar refractivity (Wildman–Crippen MR) is 81.9 cm³/mol. The highest BCUT2D eigenvalue weighted by atomic mass is 16.1. The van der Waals surface area contributed by atoms with E-state index in [4.69, 9.17) is 0 Å². The topological polar surface area (TPSA) is 78.9 Å². The summed E-state index contributed by atoms with van der Waals surface area (Å²) in [5.74, 6) is 1.41. The Kier molecular flexibility index (Phi) is 6.76. The summed E-state index contributed by atoms with van der Waals surface area (Å²) in [6.07, 6.45) is 1.38. The molecular weight excluding hydrogens is 254 g/mol. The minimum Gasteiger partial charge on any atom is -0.369 e. The number of amides is 1. The molecule has 0 spiro atoms. The summed E-state index contributed by atoms with van der Waals surface area (Å²) in [5, 5.41) is 9.17. The molecule has 1 amide bonds. The fourth-order valence-corrected chi connectivity index (χ4v) is 1.65. The van der Waals surface area contributed by atoms with Gasteiger partial charge in [0.15, 0.2) is 0 Å². The van der Waals surface area contributed by atoms with Gasteiger partial charge in [-0.2, -0.15) is 4.98 Å². The molecule has 0 saturated carbocycles. The third-order valence-corrected chi connectivity index (χ3v) is 2.87. The number of aryl methyl sites for hydroxylation is 1. The van der Waals surface area contributed by atoms with E-state index in [0.29, 0.717) is 18.9 Å². The van der Waals surface area contributed by atoms with Crippen molar-refractivity contribution in [3.63, 3.8) is 0 Å². The van der Waals surface area contributed by atoms with Gasteiger partial charge in [-0.05, 0) is 27.2 Å². The molecule has 20 heavy (non-hydrogen) atoms. The molecule has 1 heterocycles. The Labute approximate surface area is 120 Å². The van der Waals surface area contributed by atoms with Crippen LogP contribution in [0.25, 0.3) is 0 Å². The lowest BCUT2D eigenvalue weighted by molar-refractivity contribution is -0.121. The standard InChI is InChI=1S/C14H25N5O/c1-5-10(3)17-13(20)7-8-16-12-9-11(4)18-14(19-12)15-6-2/h9-10H,5-8H2,1-4H3,(H,17,20)(H2,15,16,18,19). The normalized spacial score (nSPS) is 11.8. The summed E-state index contributed by atoms with van der Waals surface area (Å²) in [5.41, 5.74) is 0.891. The Morgan fingerprint density at radius 3 is 2.70 bits per heavy atom. The fourth-order valence-electron chi connectivity index (χ4n) is 1.65. The number of aromatic nitrogens is 2. The predicted octanol–water partition coefficient (Wildman–Crippen LogP) is 1.93. The van der Waals surface area contributed by atoms with Gasteiger partial charge in [0.2, 0.25) is 11.9 Å². The molecule has 0 saturated heterocycles. The minimum atomic E-state index is 0.0598. The quantitative estimate of drug-likeness (QED) is 0.677. The van der Waals surface area contributed by atoms with Crippen LogP contribution in [0.5, 0.6) is 0 Å². The molecule has 0 aliphatic heterocycles. The molecule has 0 bridgehead atoms. The van der Waals surface area contributed by atoms with Crippen molar-refractivity contribution in [1.29, 1.82) is 0 Å². The van der Waals surface area contributed by atoms with Gasteiger partial charge in [0.1, 0.15) is 5.82 Å². The van der Waals surface area contributed by atoms with Crippen LogP contribution in [-0.2, 0) is 4.79 Å². The lowest BCUT2D eigenvalue weighted by Gasteiger charge is -2.12. The third kappa shape index (κ3) is 5.86. The number of carbonyl (C=O) groups is 1. The number of nitrogens with one attached hydrogen (secondary N) is 3. The molecule has 1 rings (SSSR count). The second-order valence-corrected chi connectivity index (χ2v) is 4.80. The Morgan fingerprint density at radius 2 is 2.05 bits per heavy atom. The first-order chi connectivity index (χ1) is 9.55. The van der Waals surface area contributed by atoms with Crippen LogP contribution in [0.4, 0.5) is 11.8 Å². The highest BCUT2D eigenvalue weighted by Gasteiger charge is 2.06. The van der Waals surface area contributed by atoms with Crippen LogP contribution in [0.2, 0.25) is 0 Å². The number of hydrogen-bond acceptors (Lipinski definition) is 5. The zero-order chi connectivity index (χ0) is 15.0. The lowest BCUT2D eigenvalue weighted by Crippen LogP contribution is -2.33. The van der Waals surface area contributed by atoms with Gasteiger partial charge in [0, 0.05) is 37.3 Å². The Balaban J connectivity index is 2.43. The van der Waals surface area contributed by atoms with Gasteiger partial charge in [-0.1, -0.05) is 6.92 Å². The number of nitrogens with zero attached hydrogens (tertiary/aromatic N) is 2. The second kappa shape index (κ2) is 8.35. The molecule has 0 radical (unpaired) electrons. The van der Waals surface area contributed by atoms with E-state index in [1.54, 1.807) is 0 Å². The van der Waals surface area contributed by atoms with Gasteiger partial charge >= 0.3 is 0 Å². The molecule has 3 N–H and O–H groups in total. The molecule has 0 aromatic carbocycles. The van der Waals surface area contributed by atoms with Crippen LogP contribution in [0.15, 0.2) is 6.07 Å². The van der Waals surface area contributed by atoms with Crippen LogP contribution < -0.4 is 16.0 Å². The molecule has 0 fully saturated rings. The Bertz CT molecular complexity index is 436. The van der Waals surface area contributed by atoms with Crippen LogP contribution in [0.1, 0.15) is 39.3 Å². The van der Waals surface area contributed by atoms with Crippen molar-refractivity contribution in [2.75, 3.05) is 23.7 Å². The van der Waals surface area contributed by atoms with Crippen molar-refractivity contribution in [3.8, 4) is 0 Å². The van der Waals surface area contributed by atoms with E-state index in [1.807, 2.05) is 26.8 Å². The summed E-state index contributed by atoms with van der Waals surface area (Å²) >= 11 is 0. The molecular formula is C14H25N5O. The largest absolute Gasteiger partial charge is 0.369 e. The van der Waals surface area contributed by atoms with Gasteiger partial charge in [-0.25, -0.2) is 4.98 Å². The summed E-state index contributed by atoms with van der Waals surface area (Å²) in [6, 6.07) is 2.09. The highest BCUT2D eigenvalue weighted by Crippen LogP contribution is 2.09. The summed E-state index contributed by atoms with van der Waals surface area (Å²) < 4.78 is 0. The maximum Gasteiger partial charge on any atom is 0.224 e. The molecule has 1 unspecified atom stereocenters. The van der Waals surface area contributed by atoms with Crippen molar-refractivity contribution in [3.05, 3.63) is 11.8 Å². The summed E-state index contributed by atoms with van der Waals surface area (Å²) in [4.78, 5) is 20.3. The molecule has 6 nitrogen and oxygen atoms in total. The van der Waals surface area contributed by atoms with Gasteiger partial charge in [0.05, 0.1) is 0 Å². The van der Waals surface area contributed by atoms with Gasteiger partial charge in [-0.3, -0.25) is 4.79 Å². The number of rotatable bonds is 8. The average molecular weight is 279 g/mol. The van der Waals surface area contributed by atoms with E-state index in [2.05, 4.69) is 32.8 Å². The number of anilines is 2. The first-order valence-electron chi connectivity index (χ1n) is 7.18. The smallest absolute Gasteiger partial charge is 0.224 e. The van der Waals surface area contributed by atoms with Crippen molar-refractivity contribution < 1.29 is 4.79 Å². The Morgan fingerprint density at radius 1 is 1.30 bits per heavy atom. The molecule has 6 heteroatoms. The number of hydrogen-bond donors (Lipinski definition) is 3. The van der Waals surface area contributed by atoms with E-state index in [9.17, 15) is 4.79 Å². The van der Waals surface area contributed by atoms with E-state index in [1.165, 1.54) is 0 Å². The summed E-state index contributed by atoms with van der Waals surface area (Å²) in [7, 11) is 0. The molecule has 0 aliphatic rings. The minimum absolute atomic E-state index is 0.0598. The van der Waals surface area contributed by atoms with Crippen LogP contribution in [0, 0.1) is 6.92 Å². The Hall–Kier alpha value is -1.85. The van der Waals surface area contributed by atoms with E-state index in [0.717, 1.165) is 24.5 Å². The van der Waals surface area contributed by atoms with Gasteiger partial charge in [0.25, 0.3) is 0 Å². The first kappa shape index (κ1) is 16.2. The van der Waals surface area contributed by atoms with Gasteiger partial charge < -0.3 is 16.0 Å². The molecule has 112 valence electrons. The van der Waals surface area contributed by atoms with Crippen molar-refractivity contribution >= 4 is 17.7 Å². The average Bonchev–Trinajstić information content (AvgIpc) is 2.38. The van der Waals surface area contributed by atoms with Crippen molar-refractivity contribution in [1.82, 2.24) is 15.3 Å². The zero-order valence-corrected chi connectivity index (χ0v) is 12.8. The van der Waals surface area contributed by atoms with E-state index < -0.39 is 0 Å². The monoisotopic (exact) mass is 279 g/mol. The molecule has 1 atom stereocenters. The molecule has 1 aromatic rings. The summed E-state index contributed by atoms with van der Waals surface area (Å²) in [6.45, 7) is 9.31.